The van der Waals surface area contributed by atoms with Gasteiger partial charge in [-0.25, -0.2) is 46.8 Å². The largest absolute Gasteiger partial charge is 1.00 e. The van der Waals surface area contributed by atoms with Gasteiger partial charge in [-0.2, -0.15) is 0 Å². The number of nitrogens with zero attached hydrogens (tertiary/aromatic N) is 7. The molecule has 24 amide bonds. The van der Waals surface area contributed by atoms with Crippen molar-refractivity contribution in [2.45, 2.75) is 51.9 Å². The van der Waals surface area contributed by atoms with E-state index in [9.17, 15) is 124 Å². The summed E-state index contributed by atoms with van der Waals surface area (Å²) in [6.07, 6.45) is 17.4. The molecule has 0 unspecified atom stereocenters. The van der Waals surface area contributed by atoms with Crippen molar-refractivity contribution >= 4 is 200 Å². The van der Waals surface area contributed by atoms with Gasteiger partial charge in [0.05, 0.1) is 22.8 Å². The molecule has 8 aromatic rings. The number of carboxylic acid groups (broad SMARTS) is 1. The van der Waals surface area contributed by atoms with Crippen LogP contribution >= 0.6 is 0 Å². The van der Waals surface area contributed by atoms with Gasteiger partial charge in [0.1, 0.15) is 54.9 Å². The minimum atomic E-state index is -4.77. The molecule has 7 aliphatic heterocycles. The number of benzene rings is 7. The van der Waals surface area contributed by atoms with Crippen LogP contribution in [0.2, 0.25) is 0 Å². The third-order valence-corrected chi connectivity index (χ3v) is 21.9. The Morgan fingerprint density at radius 3 is 1.16 bits per heavy atom. The van der Waals surface area contributed by atoms with E-state index in [0.717, 1.165) is 108 Å². The van der Waals surface area contributed by atoms with Gasteiger partial charge in [0.25, 0.3) is 76.4 Å². The first kappa shape index (κ1) is 114. The molecule has 758 valence electrons. The quantitative estimate of drug-likeness (QED) is 0.0144. The van der Waals surface area contributed by atoms with Gasteiger partial charge in [-0.15, -0.1) is 0 Å². The van der Waals surface area contributed by atoms with E-state index in [4.69, 9.17) is 4.74 Å². The predicted molar refractivity (Wildman–Crippen MR) is 533 cm³/mol. The first-order valence-corrected chi connectivity index (χ1v) is 45.6. The number of hydrogen-bond acceptors (Lipinski definition) is 31. The summed E-state index contributed by atoms with van der Waals surface area (Å²) in [6, 6.07) is 39.6. The summed E-state index contributed by atoms with van der Waals surface area (Å²) < 4.78 is 39.2. The van der Waals surface area contributed by atoms with Gasteiger partial charge < -0.3 is 39.1 Å². The zero-order valence-electron chi connectivity index (χ0n) is 80.8. The number of amides is 24. The SMILES string of the molecule is CCCN(CCC)c1ccc(C=C2C(=O)NC(=O)NC2=O)cc1.CCN(CC)c1ccc(C=C2C(=O)NC(=O)NC2=O)cc1.CN(C)CCCOc1ccc(C=C2C(=O)NC(=O)NC2=O)cc1.CN(C)c1ccc(C=C2C(=O)NC(=O)NC2=O)cc1.CN1C(=O)C(=Cc2ccccc2S(=O)(=O)[O-])C(=O)N(C)C1=O.O=C1NC(=O)C(=Cc2cccc3cccc(C(=O)O)c23)C(=O)N1.O=c1[nH]c(O)c(C=C2C=CC=N2)c(=O)[nH]1.[Na+]. The molecule has 6 saturated heterocycles. The van der Waals surface area contributed by atoms with Crippen LogP contribution in [0, 0.1) is 0 Å². The molecule has 0 aliphatic carbocycles. The van der Waals surface area contributed by atoms with Crippen molar-refractivity contribution in [3.8, 4) is 11.6 Å². The fourth-order valence-electron chi connectivity index (χ4n) is 13.8. The second-order valence-corrected chi connectivity index (χ2v) is 33.2. The molecule has 1 aromatic heterocycles. The summed E-state index contributed by atoms with van der Waals surface area (Å²) in [5.41, 5.74) is 4.50. The van der Waals surface area contributed by atoms with Gasteiger partial charge >= 0.3 is 77.4 Å². The maximum absolute atomic E-state index is 12.0. The number of likely N-dealkylation sites (N-methyl/N-ethyl adjacent to an activating group) is 2. The van der Waals surface area contributed by atoms with Crippen molar-refractivity contribution < 1.29 is 149 Å². The number of aliphatic imine (C=N–C) groups is 1. The first-order valence-electron chi connectivity index (χ1n) is 44.2. The summed E-state index contributed by atoms with van der Waals surface area (Å²) in [4.78, 5) is 258. The molecule has 46 nitrogen and oxygen atoms in total. The molecule has 0 radical (unpaired) electrons. The second-order valence-electron chi connectivity index (χ2n) is 31.9. The molecule has 147 heavy (non-hydrogen) atoms. The monoisotopic (exact) mass is 2040 g/mol. The van der Waals surface area contributed by atoms with Crippen molar-refractivity contribution in [3.05, 3.63) is 274 Å². The van der Waals surface area contributed by atoms with E-state index in [-0.39, 0.29) is 74.1 Å². The Balaban J connectivity index is 0.000000210. The average Bonchev–Trinajstić information content (AvgIpc) is 0.962. The minimum absolute atomic E-state index is 0. The Hall–Kier alpha value is -17.9. The van der Waals surface area contributed by atoms with Crippen LogP contribution in [0.25, 0.3) is 53.3 Å². The Morgan fingerprint density at radius 1 is 0.435 bits per heavy atom. The van der Waals surface area contributed by atoms with Gasteiger partial charge in [-0.3, -0.25) is 140 Å². The maximum Gasteiger partial charge on any atom is 1.00 e. The number of allylic oxidation sites excluding steroid dienone is 2. The van der Waals surface area contributed by atoms with Gasteiger partial charge in [0.2, 0.25) is 5.88 Å². The molecule has 0 spiro atoms. The molecular weight excluding hydrogens is 1940 g/mol. The molecule has 0 saturated carbocycles. The fraction of sp³-hybridized carbons (Fsp3) is 0.192. The van der Waals surface area contributed by atoms with Crippen LogP contribution in [0.3, 0.4) is 0 Å². The topological polar surface area (TPSA) is 649 Å². The predicted octanol–water partition coefficient (Wildman–Crippen LogP) is 2.68. The number of urea groups is 6. The van der Waals surface area contributed by atoms with Crippen molar-refractivity contribution in [3.63, 3.8) is 0 Å². The molecule has 0 atom stereocenters. The number of aromatic amines is 2. The average molecular weight is 2040 g/mol. The number of aromatic nitrogens is 2. The number of imide groups is 12. The van der Waals surface area contributed by atoms with Crippen LogP contribution in [0.5, 0.6) is 11.6 Å². The number of fused-ring (bicyclic) bond motifs is 1. The first-order chi connectivity index (χ1) is 69.3. The number of carbonyl (C=O) groups excluding carboxylic acids is 18. The van der Waals surface area contributed by atoms with Crippen molar-refractivity contribution in [2.75, 3.05) is 96.3 Å². The number of hydrogen-bond donors (Lipinski definition) is 14. The number of ether oxygens (including phenoxy) is 1. The number of carboxylic acids is 1. The third kappa shape index (κ3) is 32.3. The van der Waals surface area contributed by atoms with Crippen molar-refractivity contribution in [1.82, 2.24) is 77.8 Å². The second kappa shape index (κ2) is 53.2. The van der Waals surface area contributed by atoms with E-state index >= 15 is 0 Å². The summed E-state index contributed by atoms with van der Waals surface area (Å²) in [5.74, 6) is -9.78. The molecule has 7 aromatic carbocycles. The van der Waals surface area contributed by atoms with Crippen LogP contribution in [0.15, 0.2) is 228 Å². The van der Waals surface area contributed by atoms with Crippen molar-refractivity contribution in [1.29, 1.82) is 0 Å². The number of rotatable bonds is 23. The van der Waals surface area contributed by atoms with Crippen LogP contribution < -0.4 is 113 Å². The number of aromatic carboxylic acids is 1. The van der Waals surface area contributed by atoms with Gasteiger partial charge in [-0.05, 0) is 201 Å². The summed E-state index contributed by atoms with van der Waals surface area (Å²) in [5, 5.41) is 40.0. The normalized spacial score (nSPS) is 14.9. The van der Waals surface area contributed by atoms with E-state index in [1.807, 2.05) is 141 Å². The third-order valence-electron chi connectivity index (χ3n) is 21.0. The van der Waals surface area contributed by atoms with Crippen LogP contribution in [-0.2, 0) is 67.7 Å². The van der Waals surface area contributed by atoms with Crippen LogP contribution in [0.1, 0.15) is 96.3 Å². The number of H-pyrrole nitrogens is 2. The molecule has 0 bridgehead atoms. The van der Waals surface area contributed by atoms with Gasteiger partial charge in [0.15, 0.2) is 0 Å². The molecule has 7 aliphatic rings. The van der Waals surface area contributed by atoms with Crippen molar-refractivity contribution in [2.24, 2.45) is 4.99 Å². The zero-order valence-corrected chi connectivity index (χ0v) is 83.6. The number of barbiturate groups is 6. The van der Waals surface area contributed by atoms with Crippen LogP contribution in [-0.4, -0.2) is 249 Å². The van der Waals surface area contributed by atoms with Crippen LogP contribution in [0.4, 0.5) is 45.8 Å². The van der Waals surface area contributed by atoms with E-state index in [1.54, 1.807) is 85.1 Å². The molecule has 15 rings (SSSR count). The van der Waals surface area contributed by atoms with E-state index in [1.165, 1.54) is 74.8 Å². The summed E-state index contributed by atoms with van der Waals surface area (Å²) >= 11 is 0. The zero-order chi connectivity index (χ0) is 107. The standard InChI is InChI=1S/C17H21N3O3.C16H19N3O4.C16H10N2O5.C15H17N3O3.C13H13N3O3.C13H12N2O6S.C9H7N3O3.Na/c1-3-9-20(10-4-2)13-7-5-12(6-8-13)11-14-15(21)18-17(23)19-16(14)22;1-19(2)8-3-9-23-12-6-4-11(5-7-12)10-13-14(20)17-16(22)18-15(13)21;19-13-11(14(20)18-16(23)17-13)7-9-5-1-3-8-4-2-6-10(12(8)9)15(21)22;1-3-18(4-2)11-7-5-10(6-8-11)9-12-13(19)16-15(21)17-14(12)20;1-16(2)9-5-3-8(4-6-9)7-10-11(17)14-13(19)15-12(10)18;1-14-11(16)9(12(17)15(2)13(14)18)7-8-5-3-4-6-10(8)22(19,20)21;13-7-6(4-5-2-1-3-10-5)8(14)12-9(15)11-7;/h5-8,11H,3-4,9-10H2,1-2H3,(H2,18,19,21,22,23);4-7,10H,3,8-9H2,1-2H3,(H2,17,18,20,21,22);1-7H,(H,21,22)(H2,17,18,19,20,23);5-9H,3-4H2,1-2H3,(H2,16,17,19,20,21);3-7H,1-2H3,(H2,14,15,17,18,19);3-7H,1-2H3,(H,19,20,21);1-4H,(H3,11,12,13,14,15);/q;;;;;;;+1/p-1. The van der Waals surface area contributed by atoms with E-state index in [2.05, 4.69) is 63.0 Å². The molecular formula is C99H98N19NaO27S. The minimum Gasteiger partial charge on any atom is -0.744 e. The smallest absolute Gasteiger partial charge is 0.744 e. The fourth-order valence-corrected chi connectivity index (χ4v) is 14.5. The van der Waals surface area contributed by atoms with Gasteiger partial charge in [-0.1, -0.05) is 111 Å². The number of carbonyl (C=O) groups is 19. The number of nitrogens with one attached hydrogen (secondary N) is 12. The Kier molecular flexibility index (Phi) is 41.4. The molecule has 6 fully saturated rings. The van der Waals surface area contributed by atoms with E-state index in [0.29, 0.717) is 39.8 Å². The number of aromatic hydroxyl groups is 1. The maximum atomic E-state index is 12.0. The Bertz CT molecular complexity index is 6950. The summed E-state index contributed by atoms with van der Waals surface area (Å²) in [7, 11) is 5.47. The number of anilines is 3. The molecule has 8 heterocycles. The Labute approximate surface area is 860 Å². The van der Waals surface area contributed by atoms with Gasteiger partial charge in [0, 0.05) is 89.6 Å². The van der Waals surface area contributed by atoms with E-state index < -0.39 is 151 Å². The molecule has 14 N–H and O–H groups in total. The molecule has 48 heteroatoms. The Morgan fingerprint density at radius 2 is 0.803 bits per heavy atom. The summed E-state index contributed by atoms with van der Waals surface area (Å²) in [6.45, 7) is 13.8.